The van der Waals surface area contributed by atoms with Gasteiger partial charge in [0.15, 0.2) is 6.29 Å². The smallest absolute Gasteiger partial charge is 0.160 e. The van der Waals surface area contributed by atoms with Gasteiger partial charge in [-0.2, -0.15) is 0 Å². The molecule has 0 amide bonds. The Hall–Kier alpha value is -0.160. The average molecular weight is 204 g/mol. The van der Waals surface area contributed by atoms with E-state index in [1.54, 1.807) is 7.11 Å². The number of ether oxygens (including phenoxy) is 3. The molecule has 84 valence electrons. The van der Waals surface area contributed by atoms with Gasteiger partial charge in [-0.15, -0.1) is 0 Å². The summed E-state index contributed by atoms with van der Waals surface area (Å²) >= 11 is 0. The Morgan fingerprint density at radius 2 is 1.93 bits per heavy atom. The maximum atomic E-state index is 9.60. The molecule has 1 aliphatic heterocycles. The molecule has 4 heteroatoms. The SMILES string of the molecule is CCO[C@@H]1[C@@H](OC)[C@H](C)OC(O)[C@@H]1C. The van der Waals surface area contributed by atoms with Crippen LogP contribution in [0, 0.1) is 5.92 Å². The van der Waals surface area contributed by atoms with Crippen LogP contribution in [0.15, 0.2) is 0 Å². The van der Waals surface area contributed by atoms with E-state index < -0.39 is 6.29 Å². The Balaban J connectivity index is 2.70. The van der Waals surface area contributed by atoms with Gasteiger partial charge in [0.1, 0.15) is 6.10 Å². The minimum absolute atomic E-state index is 0.0592. The highest BCUT2D eigenvalue weighted by atomic mass is 16.6. The second-order valence-corrected chi connectivity index (χ2v) is 3.71. The fourth-order valence-electron chi connectivity index (χ4n) is 1.91. The van der Waals surface area contributed by atoms with Crippen molar-refractivity contribution in [3.05, 3.63) is 0 Å². The summed E-state index contributed by atoms with van der Waals surface area (Å²) < 4.78 is 16.2. The Morgan fingerprint density at radius 3 is 2.43 bits per heavy atom. The predicted octanol–water partition coefficient (Wildman–Crippen LogP) is 0.780. The third kappa shape index (κ3) is 2.25. The van der Waals surface area contributed by atoms with Crippen LogP contribution in [0.1, 0.15) is 20.8 Å². The van der Waals surface area contributed by atoms with Gasteiger partial charge in [0.2, 0.25) is 0 Å². The largest absolute Gasteiger partial charge is 0.376 e. The van der Waals surface area contributed by atoms with Gasteiger partial charge in [0, 0.05) is 19.6 Å². The lowest BCUT2D eigenvalue weighted by Crippen LogP contribution is -2.54. The van der Waals surface area contributed by atoms with Gasteiger partial charge >= 0.3 is 0 Å². The van der Waals surface area contributed by atoms with Gasteiger partial charge in [-0.3, -0.25) is 0 Å². The second kappa shape index (κ2) is 5.07. The molecule has 1 rings (SSSR count). The first-order valence-corrected chi connectivity index (χ1v) is 5.09. The van der Waals surface area contributed by atoms with E-state index in [0.717, 1.165) is 0 Å². The van der Waals surface area contributed by atoms with Crippen LogP contribution >= 0.6 is 0 Å². The first kappa shape index (κ1) is 11.9. The summed E-state index contributed by atoms with van der Waals surface area (Å²) in [5, 5.41) is 9.60. The molecule has 1 aliphatic rings. The highest BCUT2D eigenvalue weighted by Gasteiger charge is 2.41. The van der Waals surface area contributed by atoms with E-state index in [-0.39, 0.29) is 24.2 Å². The zero-order valence-electron chi connectivity index (χ0n) is 9.27. The quantitative estimate of drug-likeness (QED) is 0.738. The van der Waals surface area contributed by atoms with Crippen LogP contribution in [0.2, 0.25) is 0 Å². The van der Waals surface area contributed by atoms with Crippen molar-refractivity contribution in [3.63, 3.8) is 0 Å². The molecular formula is C10H20O4. The molecule has 0 bridgehead atoms. The third-order valence-corrected chi connectivity index (χ3v) is 2.74. The van der Waals surface area contributed by atoms with Crippen molar-refractivity contribution in [2.24, 2.45) is 5.92 Å². The molecule has 0 aromatic rings. The third-order valence-electron chi connectivity index (χ3n) is 2.74. The van der Waals surface area contributed by atoms with Gasteiger partial charge in [0.05, 0.1) is 12.2 Å². The van der Waals surface area contributed by atoms with Crippen molar-refractivity contribution in [2.45, 2.75) is 45.4 Å². The summed E-state index contributed by atoms with van der Waals surface area (Å²) in [7, 11) is 1.64. The minimum Gasteiger partial charge on any atom is -0.376 e. The lowest BCUT2D eigenvalue weighted by molar-refractivity contribution is -0.268. The summed E-state index contributed by atoms with van der Waals surface area (Å²) in [6.45, 7) is 6.35. The molecule has 1 N–H and O–H groups in total. The van der Waals surface area contributed by atoms with Gasteiger partial charge in [-0.05, 0) is 13.8 Å². The summed E-state index contributed by atoms with van der Waals surface area (Å²) in [4.78, 5) is 0. The number of aliphatic hydroxyl groups excluding tert-OH is 1. The highest BCUT2D eigenvalue weighted by molar-refractivity contribution is 4.86. The molecule has 0 aromatic carbocycles. The van der Waals surface area contributed by atoms with Crippen LogP contribution in [0.25, 0.3) is 0 Å². The maximum absolute atomic E-state index is 9.60. The van der Waals surface area contributed by atoms with E-state index in [1.165, 1.54) is 0 Å². The zero-order valence-corrected chi connectivity index (χ0v) is 9.27. The first-order chi connectivity index (χ1) is 6.61. The lowest BCUT2D eigenvalue weighted by Gasteiger charge is -2.41. The van der Waals surface area contributed by atoms with E-state index in [1.807, 2.05) is 20.8 Å². The van der Waals surface area contributed by atoms with E-state index in [9.17, 15) is 5.11 Å². The number of rotatable bonds is 3. The van der Waals surface area contributed by atoms with Crippen LogP contribution in [0.3, 0.4) is 0 Å². The number of methoxy groups -OCH3 is 1. The molecule has 0 aliphatic carbocycles. The molecule has 0 radical (unpaired) electrons. The predicted molar refractivity (Wildman–Crippen MR) is 51.9 cm³/mol. The van der Waals surface area contributed by atoms with Crippen LogP contribution in [-0.4, -0.2) is 43.4 Å². The van der Waals surface area contributed by atoms with Crippen LogP contribution in [0.4, 0.5) is 0 Å². The Kier molecular flexibility index (Phi) is 4.31. The van der Waals surface area contributed by atoms with Crippen LogP contribution < -0.4 is 0 Å². The minimum atomic E-state index is -0.757. The normalized spacial score (nSPS) is 43.9. The fourth-order valence-corrected chi connectivity index (χ4v) is 1.91. The van der Waals surface area contributed by atoms with Gasteiger partial charge in [-0.1, -0.05) is 6.92 Å². The monoisotopic (exact) mass is 204 g/mol. The van der Waals surface area contributed by atoms with E-state index in [0.29, 0.717) is 6.61 Å². The van der Waals surface area contributed by atoms with Gasteiger partial charge < -0.3 is 19.3 Å². The summed E-state index contributed by atoms with van der Waals surface area (Å²) in [5.41, 5.74) is 0. The van der Waals surface area contributed by atoms with E-state index in [4.69, 9.17) is 14.2 Å². The second-order valence-electron chi connectivity index (χ2n) is 3.71. The number of aliphatic hydroxyl groups is 1. The molecule has 0 spiro atoms. The Bertz CT molecular complexity index is 174. The van der Waals surface area contributed by atoms with Crippen molar-refractivity contribution >= 4 is 0 Å². The first-order valence-electron chi connectivity index (χ1n) is 5.09. The molecule has 4 nitrogen and oxygen atoms in total. The molecule has 1 unspecified atom stereocenters. The lowest BCUT2D eigenvalue weighted by atomic mass is 9.92. The molecular weight excluding hydrogens is 184 g/mol. The molecule has 5 atom stereocenters. The fraction of sp³-hybridized carbons (Fsp3) is 1.00. The van der Waals surface area contributed by atoms with E-state index in [2.05, 4.69) is 0 Å². The molecule has 14 heavy (non-hydrogen) atoms. The molecule has 0 aromatic heterocycles. The number of hydrogen-bond acceptors (Lipinski definition) is 4. The average Bonchev–Trinajstić information content (AvgIpc) is 2.14. The highest BCUT2D eigenvalue weighted by Crippen LogP contribution is 2.28. The van der Waals surface area contributed by atoms with Crippen molar-refractivity contribution < 1.29 is 19.3 Å². The maximum Gasteiger partial charge on any atom is 0.160 e. The van der Waals surface area contributed by atoms with Crippen LogP contribution in [-0.2, 0) is 14.2 Å². The summed E-state index contributed by atoms with van der Waals surface area (Å²) in [6.07, 6.45) is -1.09. The molecule has 1 fully saturated rings. The van der Waals surface area contributed by atoms with Crippen molar-refractivity contribution in [1.82, 2.24) is 0 Å². The van der Waals surface area contributed by atoms with Crippen molar-refractivity contribution in [1.29, 1.82) is 0 Å². The van der Waals surface area contributed by atoms with Crippen molar-refractivity contribution in [3.8, 4) is 0 Å². The zero-order chi connectivity index (χ0) is 10.7. The number of hydrogen-bond donors (Lipinski definition) is 1. The van der Waals surface area contributed by atoms with Crippen LogP contribution in [0.5, 0.6) is 0 Å². The topological polar surface area (TPSA) is 47.9 Å². The Morgan fingerprint density at radius 1 is 1.29 bits per heavy atom. The summed E-state index contributed by atoms with van der Waals surface area (Å²) in [6, 6.07) is 0. The summed E-state index contributed by atoms with van der Waals surface area (Å²) in [5.74, 6) is -0.0592. The Labute approximate surface area is 85.2 Å². The van der Waals surface area contributed by atoms with Gasteiger partial charge in [0.25, 0.3) is 0 Å². The molecule has 1 saturated heterocycles. The van der Waals surface area contributed by atoms with Crippen molar-refractivity contribution in [2.75, 3.05) is 13.7 Å². The van der Waals surface area contributed by atoms with E-state index >= 15 is 0 Å². The standard InChI is InChI=1S/C10H20O4/c1-5-13-8-6(2)10(11)14-7(3)9(8)12-4/h6-11H,5H2,1-4H3/t6-,7+,8+,9+,10?/m1/s1. The molecule has 0 saturated carbocycles. The molecule has 1 heterocycles. The van der Waals surface area contributed by atoms with Gasteiger partial charge in [-0.25, -0.2) is 0 Å².